The maximum Gasteiger partial charge on any atom is 0.0867 e. The molecule has 1 aliphatic heterocycles. The van der Waals surface area contributed by atoms with E-state index in [0.717, 1.165) is 6.54 Å². The van der Waals surface area contributed by atoms with Crippen LogP contribution in [-0.2, 0) is 0 Å². The third kappa shape index (κ3) is 2.88. The van der Waals surface area contributed by atoms with E-state index in [9.17, 15) is 0 Å². The molecule has 0 aromatic heterocycles. The molecule has 1 aromatic carbocycles. The first kappa shape index (κ1) is 12.6. The normalized spacial score (nSPS) is 25.1. The molecule has 2 heteroatoms. The average molecular weight is 232 g/mol. The minimum atomic E-state index is 0.228. The smallest absolute Gasteiger partial charge is 0.0867 e. The number of hydrogen-bond acceptors (Lipinski definition) is 2. The summed E-state index contributed by atoms with van der Waals surface area (Å²) in [6.07, 6.45) is 1.55. The van der Waals surface area contributed by atoms with E-state index in [1.165, 1.54) is 12.0 Å². The van der Waals surface area contributed by atoms with Crippen LogP contribution in [0.5, 0.6) is 0 Å². The highest BCUT2D eigenvalue weighted by Crippen LogP contribution is 2.29. The van der Waals surface area contributed by atoms with Crippen LogP contribution in [0.4, 0.5) is 0 Å². The topological polar surface area (TPSA) is 15.3 Å². The highest BCUT2D eigenvalue weighted by Gasteiger charge is 2.34. The summed E-state index contributed by atoms with van der Waals surface area (Å²) >= 11 is 0. The Morgan fingerprint density at radius 2 is 1.88 bits per heavy atom. The zero-order chi connectivity index (χ0) is 12.5. The van der Waals surface area contributed by atoms with Crippen molar-refractivity contribution < 1.29 is 0 Å². The molecule has 1 aromatic rings. The molecule has 1 N–H and O–H groups in total. The minimum absolute atomic E-state index is 0.228. The van der Waals surface area contributed by atoms with Crippen molar-refractivity contribution in [3.05, 3.63) is 35.9 Å². The third-order valence-corrected chi connectivity index (χ3v) is 3.63. The van der Waals surface area contributed by atoms with Gasteiger partial charge in [-0.2, -0.15) is 0 Å². The van der Waals surface area contributed by atoms with E-state index in [4.69, 9.17) is 0 Å². The van der Waals surface area contributed by atoms with Crippen LogP contribution in [0, 0.1) is 0 Å². The molecule has 0 spiro atoms. The van der Waals surface area contributed by atoms with E-state index in [1.807, 2.05) is 0 Å². The van der Waals surface area contributed by atoms with Crippen LogP contribution in [0.1, 0.15) is 45.8 Å². The van der Waals surface area contributed by atoms with Crippen molar-refractivity contribution in [3.8, 4) is 0 Å². The van der Waals surface area contributed by atoms with Crippen molar-refractivity contribution >= 4 is 0 Å². The van der Waals surface area contributed by atoms with Gasteiger partial charge in [-0.25, -0.2) is 0 Å². The number of hydrogen-bond donors (Lipinski definition) is 1. The summed E-state index contributed by atoms with van der Waals surface area (Å²) in [4.78, 5) is 2.54. The highest BCUT2D eigenvalue weighted by molar-refractivity contribution is 5.20. The van der Waals surface area contributed by atoms with Gasteiger partial charge in [0.05, 0.1) is 6.17 Å². The molecule has 0 saturated carbocycles. The Morgan fingerprint density at radius 1 is 1.24 bits per heavy atom. The summed E-state index contributed by atoms with van der Waals surface area (Å²) < 4.78 is 0. The zero-order valence-corrected chi connectivity index (χ0v) is 11.4. The van der Waals surface area contributed by atoms with Gasteiger partial charge < -0.3 is 0 Å². The monoisotopic (exact) mass is 232 g/mol. The maximum absolute atomic E-state index is 3.77. The average Bonchev–Trinajstić information content (AvgIpc) is 2.28. The first-order chi connectivity index (χ1) is 7.99. The van der Waals surface area contributed by atoms with Gasteiger partial charge in [0.2, 0.25) is 0 Å². The van der Waals surface area contributed by atoms with Crippen molar-refractivity contribution in [2.45, 2.75) is 51.9 Å². The third-order valence-electron chi connectivity index (χ3n) is 3.63. The van der Waals surface area contributed by atoms with Crippen LogP contribution in [0.3, 0.4) is 0 Å². The molecule has 1 unspecified atom stereocenters. The van der Waals surface area contributed by atoms with E-state index in [0.29, 0.717) is 12.2 Å². The van der Waals surface area contributed by atoms with Gasteiger partial charge in [0.15, 0.2) is 0 Å². The Kier molecular flexibility index (Phi) is 3.55. The summed E-state index contributed by atoms with van der Waals surface area (Å²) in [7, 11) is 0. The SMILES string of the molecule is CC(C)N1CCC(C)(C)NC1c1ccccc1. The molecule has 1 saturated heterocycles. The summed E-state index contributed by atoms with van der Waals surface area (Å²) in [6, 6.07) is 11.3. The van der Waals surface area contributed by atoms with Crippen LogP contribution < -0.4 is 5.32 Å². The molecule has 1 atom stereocenters. The fourth-order valence-corrected chi connectivity index (χ4v) is 2.53. The first-order valence-corrected chi connectivity index (χ1v) is 6.58. The molecule has 0 aliphatic carbocycles. The predicted molar refractivity (Wildman–Crippen MR) is 72.9 cm³/mol. The van der Waals surface area contributed by atoms with E-state index < -0.39 is 0 Å². The standard InChI is InChI=1S/C15H24N2/c1-12(2)17-11-10-15(3,4)16-14(17)13-8-6-5-7-9-13/h5-9,12,14,16H,10-11H2,1-4H3. The molecule has 1 fully saturated rings. The summed E-state index contributed by atoms with van der Waals surface area (Å²) in [5.74, 6) is 0. The van der Waals surface area contributed by atoms with Crippen molar-refractivity contribution in [1.29, 1.82) is 0 Å². The Labute approximate surface area is 105 Å². The van der Waals surface area contributed by atoms with Crippen LogP contribution in [0.2, 0.25) is 0 Å². The van der Waals surface area contributed by atoms with Crippen molar-refractivity contribution in [3.63, 3.8) is 0 Å². The number of nitrogens with one attached hydrogen (secondary N) is 1. The lowest BCUT2D eigenvalue weighted by atomic mass is 9.94. The molecule has 2 nitrogen and oxygen atoms in total. The molecule has 94 valence electrons. The van der Waals surface area contributed by atoms with Crippen LogP contribution in [-0.4, -0.2) is 23.0 Å². The van der Waals surface area contributed by atoms with Crippen LogP contribution in [0.25, 0.3) is 0 Å². The van der Waals surface area contributed by atoms with Gasteiger partial charge in [-0.3, -0.25) is 10.2 Å². The van der Waals surface area contributed by atoms with Gasteiger partial charge in [-0.05, 0) is 39.7 Å². The molecule has 0 bridgehead atoms. The molecular weight excluding hydrogens is 208 g/mol. The van der Waals surface area contributed by atoms with Gasteiger partial charge in [0.25, 0.3) is 0 Å². The van der Waals surface area contributed by atoms with Crippen LogP contribution >= 0.6 is 0 Å². The second-order valence-corrected chi connectivity index (χ2v) is 5.92. The minimum Gasteiger partial charge on any atom is -0.293 e. The lowest BCUT2D eigenvalue weighted by molar-refractivity contribution is 0.0460. The fraction of sp³-hybridized carbons (Fsp3) is 0.600. The Morgan fingerprint density at radius 3 is 2.47 bits per heavy atom. The zero-order valence-electron chi connectivity index (χ0n) is 11.4. The Hall–Kier alpha value is -0.860. The lowest BCUT2D eigenvalue weighted by Crippen LogP contribution is -2.57. The van der Waals surface area contributed by atoms with Crippen LogP contribution in [0.15, 0.2) is 30.3 Å². The Bertz CT molecular complexity index is 356. The highest BCUT2D eigenvalue weighted by atomic mass is 15.3. The van der Waals surface area contributed by atoms with Gasteiger partial charge in [-0.15, -0.1) is 0 Å². The second kappa shape index (κ2) is 4.79. The van der Waals surface area contributed by atoms with Crippen molar-refractivity contribution in [2.75, 3.05) is 6.54 Å². The van der Waals surface area contributed by atoms with Crippen molar-refractivity contribution in [2.24, 2.45) is 0 Å². The number of benzene rings is 1. The molecule has 0 radical (unpaired) electrons. The summed E-state index contributed by atoms with van der Waals surface area (Å²) in [5, 5.41) is 3.77. The molecule has 1 aliphatic rings. The van der Waals surface area contributed by atoms with E-state index in [-0.39, 0.29) is 5.54 Å². The quantitative estimate of drug-likeness (QED) is 0.842. The summed E-state index contributed by atoms with van der Waals surface area (Å²) in [5.41, 5.74) is 1.60. The van der Waals surface area contributed by atoms with E-state index in [1.54, 1.807) is 0 Å². The number of rotatable bonds is 2. The van der Waals surface area contributed by atoms with Gasteiger partial charge in [0, 0.05) is 18.1 Å². The molecule has 0 amide bonds. The van der Waals surface area contributed by atoms with Gasteiger partial charge >= 0.3 is 0 Å². The Balaban J connectivity index is 2.26. The van der Waals surface area contributed by atoms with E-state index in [2.05, 4.69) is 68.2 Å². The molecule has 1 heterocycles. The fourth-order valence-electron chi connectivity index (χ4n) is 2.53. The largest absolute Gasteiger partial charge is 0.293 e. The first-order valence-electron chi connectivity index (χ1n) is 6.58. The van der Waals surface area contributed by atoms with Gasteiger partial charge in [-0.1, -0.05) is 30.3 Å². The molecule has 2 rings (SSSR count). The van der Waals surface area contributed by atoms with E-state index >= 15 is 0 Å². The predicted octanol–water partition coefficient (Wildman–Crippen LogP) is 3.17. The lowest BCUT2D eigenvalue weighted by Gasteiger charge is -2.46. The van der Waals surface area contributed by atoms with Crippen molar-refractivity contribution in [1.82, 2.24) is 10.2 Å². The van der Waals surface area contributed by atoms with Gasteiger partial charge in [0.1, 0.15) is 0 Å². The molecule has 17 heavy (non-hydrogen) atoms. The summed E-state index contributed by atoms with van der Waals surface area (Å²) in [6.45, 7) is 10.3. The second-order valence-electron chi connectivity index (χ2n) is 5.92. The molecular formula is C15H24N2. The maximum atomic E-state index is 3.77. The number of nitrogens with zero attached hydrogens (tertiary/aromatic N) is 1.